The third kappa shape index (κ3) is 3.37. The van der Waals surface area contributed by atoms with Gasteiger partial charge in [-0.2, -0.15) is 0 Å². The average Bonchev–Trinajstić information content (AvgIpc) is 3.40. The summed E-state index contributed by atoms with van der Waals surface area (Å²) in [5.41, 5.74) is 3.12. The molecule has 27 heavy (non-hydrogen) atoms. The Balaban J connectivity index is 1.55. The second kappa shape index (κ2) is 7.19. The average molecular weight is 382 g/mol. The molecular weight excluding hydrogens is 358 g/mol. The van der Waals surface area contributed by atoms with Gasteiger partial charge in [-0.25, -0.2) is 0 Å². The van der Waals surface area contributed by atoms with Gasteiger partial charge in [0.1, 0.15) is 5.76 Å². The van der Waals surface area contributed by atoms with Crippen molar-refractivity contribution in [1.29, 1.82) is 0 Å². The maximum atomic E-state index is 12.8. The number of hydrogen-bond acceptors (Lipinski definition) is 4. The summed E-state index contributed by atoms with van der Waals surface area (Å²) in [5.74, 6) is 1.62. The van der Waals surface area contributed by atoms with Crippen molar-refractivity contribution in [2.24, 2.45) is 0 Å². The third-order valence-electron chi connectivity index (χ3n) is 5.13. The zero-order valence-corrected chi connectivity index (χ0v) is 16.6. The molecule has 1 aliphatic rings. The van der Waals surface area contributed by atoms with Crippen LogP contribution in [-0.4, -0.2) is 27.1 Å². The van der Waals surface area contributed by atoms with Crippen molar-refractivity contribution < 1.29 is 9.32 Å². The lowest BCUT2D eigenvalue weighted by Gasteiger charge is -2.22. The van der Waals surface area contributed by atoms with E-state index >= 15 is 0 Å². The predicted octanol–water partition coefficient (Wildman–Crippen LogP) is 4.83. The molecule has 0 bridgehead atoms. The fraction of sp³-hybridized carbons (Fsp3) is 0.333. The van der Waals surface area contributed by atoms with Crippen LogP contribution in [-0.2, 0) is 4.79 Å². The van der Waals surface area contributed by atoms with Crippen LogP contribution < -0.4 is 0 Å². The van der Waals surface area contributed by atoms with Crippen LogP contribution >= 0.6 is 11.3 Å². The van der Waals surface area contributed by atoms with Gasteiger partial charge in [0.05, 0.1) is 6.04 Å². The van der Waals surface area contributed by atoms with Gasteiger partial charge in [-0.15, -0.1) is 11.3 Å². The van der Waals surface area contributed by atoms with Gasteiger partial charge >= 0.3 is 0 Å². The normalized spacial score (nSPS) is 17.3. The van der Waals surface area contributed by atoms with E-state index in [1.54, 1.807) is 17.4 Å². The Labute approximate surface area is 162 Å². The summed E-state index contributed by atoms with van der Waals surface area (Å²) in [6.45, 7) is 6.77. The van der Waals surface area contributed by atoms with Crippen molar-refractivity contribution in [2.75, 3.05) is 6.54 Å². The van der Waals surface area contributed by atoms with Crippen LogP contribution in [0.5, 0.6) is 0 Å². The molecule has 1 amide bonds. The number of hydrogen-bond donors (Lipinski definition) is 0. The highest BCUT2D eigenvalue weighted by Crippen LogP contribution is 2.34. The molecular formula is C21H23N3O2S. The van der Waals surface area contributed by atoms with Crippen LogP contribution in [0.2, 0.25) is 0 Å². The molecule has 1 atom stereocenters. The highest BCUT2D eigenvalue weighted by atomic mass is 32.1. The van der Waals surface area contributed by atoms with E-state index in [0.29, 0.717) is 0 Å². The maximum absolute atomic E-state index is 12.8. The quantitative estimate of drug-likeness (QED) is 0.608. The molecule has 0 aromatic carbocycles. The van der Waals surface area contributed by atoms with Crippen molar-refractivity contribution >= 4 is 23.3 Å². The second-order valence-corrected chi connectivity index (χ2v) is 7.98. The first kappa shape index (κ1) is 17.8. The highest BCUT2D eigenvalue weighted by molar-refractivity contribution is 7.10. The van der Waals surface area contributed by atoms with Crippen LogP contribution in [0.4, 0.5) is 0 Å². The van der Waals surface area contributed by atoms with Gasteiger partial charge in [-0.05, 0) is 62.8 Å². The maximum Gasteiger partial charge on any atom is 0.247 e. The van der Waals surface area contributed by atoms with E-state index in [0.717, 1.165) is 47.9 Å². The Hall–Kier alpha value is -2.60. The van der Waals surface area contributed by atoms with E-state index in [-0.39, 0.29) is 11.9 Å². The fourth-order valence-electron chi connectivity index (χ4n) is 3.83. The summed E-state index contributed by atoms with van der Waals surface area (Å²) in [6.07, 6.45) is 5.71. The molecule has 140 valence electrons. The van der Waals surface area contributed by atoms with Crippen molar-refractivity contribution in [3.8, 4) is 5.82 Å². The molecule has 4 heterocycles. The number of aromatic nitrogens is 2. The van der Waals surface area contributed by atoms with Gasteiger partial charge in [0.25, 0.3) is 0 Å². The highest BCUT2D eigenvalue weighted by Gasteiger charge is 2.29. The Morgan fingerprint density at radius 3 is 2.89 bits per heavy atom. The lowest BCUT2D eigenvalue weighted by molar-refractivity contribution is -0.126. The van der Waals surface area contributed by atoms with Crippen LogP contribution in [0, 0.1) is 20.8 Å². The molecule has 0 aliphatic carbocycles. The zero-order chi connectivity index (χ0) is 19.0. The van der Waals surface area contributed by atoms with E-state index < -0.39 is 0 Å². The summed E-state index contributed by atoms with van der Waals surface area (Å²) >= 11 is 1.73. The molecule has 1 unspecified atom stereocenters. The molecule has 1 fully saturated rings. The molecule has 3 aromatic heterocycles. The van der Waals surface area contributed by atoms with E-state index in [4.69, 9.17) is 4.52 Å². The van der Waals surface area contributed by atoms with Crippen LogP contribution in [0.1, 0.15) is 46.5 Å². The topological polar surface area (TPSA) is 51.3 Å². The van der Waals surface area contributed by atoms with Gasteiger partial charge in [0.2, 0.25) is 5.91 Å². The minimum Gasteiger partial charge on any atom is -0.360 e. The Morgan fingerprint density at radius 2 is 2.19 bits per heavy atom. The fourth-order valence-corrected chi connectivity index (χ4v) is 4.71. The van der Waals surface area contributed by atoms with Gasteiger partial charge in [-0.3, -0.25) is 9.36 Å². The Kier molecular flexibility index (Phi) is 4.74. The minimum absolute atomic E-state index is 0.0768. The molecule has 0 radical (unpaired) electrons. The van der Waals surface area contributed by atoms with Crippen molar-refractivity contribution in [2.45, 2.75) is 39.7 Å². The van der Waals surface area contributed by atoms with E-state index in [1.165, 1.54) is 4.88 Å². The van der Waals surface area contributed by atoms with Crippen molar-refractivity contribution in [3.63, 3.8) is 0 Å². The molecule has 5 nitrogen and oxygen atoms in total. The molecule has 1 aliphatic heterocycles. The smallest absolute Gasteiger partial charge is 0.247 e. The summed E-state index contributed by atoms with van der Waals surface area (Å²) in [4.78, 5) is 16.1. The van der Waals surface area contributed by atoms with Gasteiger partial charge in [0.15, 0.2) is 5.82 Å². The third-order valence-corrected chi connectivity index (χ3v) is 6.10. The first-order chi connectivity index (χ1) is 13.0. The van der Waals surface area contributed by atoms with Gasteiger partial charge in [0, 0.05) is 35.0 Å². The van der Waals surface area contributed by atoms with Crippen LogP contribution in [0.25, 0.3) is 11.9 Å². The number of nitrogens with zero attached hydrogens (tertiary/aromatic N) is 3. The summed E-state index contributed by atoms with van der Waals surface area (Å²) < 4.78 is 7.25. The number of carbonyl (C=O) groups excluding carboxylic acids is 1. The van der Waals surface area contributed by atoms with Crippen molar-refractivity contribution in [3.05, 3.63) is 63.3 Å². The second-order valence-electron chi connectivity index (χ2n) is 7.00. The van der Waals surface area contributed by atoms with Crippen LogP contribution in [0.3, 0.4) is 0 Å². The lowest BCUT2D eigenvalue weighted by Crippen LogP contribution is -2.28. The zero-order valence-electron chi connectivity index (χ0n) is 15.8. The summed E-state index contributed by atoms with van der Waals surface area (Å²) in [7, 11) is 0. The molecule has 6 heteroatoms. The molecule has 4 rings (SSSR count). The number of carbonyl (C=O) groups is 1. The standard InChI is InChI=1S/C21H23N3O2S/c1-14-12-17(16(3)24(14)20-13-15(2)26-22-20)8-9-21(25)23-10-4-6-18(23)19-7-5-11-27-19/h5,7-9,11-13,18H,4,6,10H2,1-3H3. The van der Waals surface area contributed by atoms with Gasteiger partial charge < -0.3 is 9.42 Å². The summed E-state index contributed by atoms with van der Waals surface area (Å²) in [5, 5.41) is 6.18. The summed E-state index contributed by atoms with van der Waals surface area (Å²) in [6, 6.07) is 8.38. The van der Waals surface area contributed by atoms with Gasteiger partial charge in [-0.1, -0.05) is 11.2 Å². The molecule has 0 spiro atoms. The van der Waals surface area contributed by atoms with Crippen molar-refractivity contribution in [1.82, 2.24) is 14.6 Å². The molecule has 0 saturated carbocycles. The number of aryl methyl sites for hydroxylation is 2. The number of amides is 1. The molecule has 1 saturated heterocycles. The number of thiophene rings is 1. The monoisotopic (exact) mass is 381 g/mol. The minimum atomic E-state index is 0.0768. The molecule has 3 aromatic rings. The number of rotatable bonds is 4. The molecule has 0 N–H and O–H groups in total. The largest absolute Gasteiger partial charge is 0.360 e. The SMILES string of the molecule is Cc1cc(-n2c(C)cc(C=CC(=O)N3CCCC3c3cccs3)c2C)no1. The van der Waals surface area contributed by atoms with Crippen LogP contribution in [0.15, 0.2) is 40.2 Å². The lowest BCUT2D eigenvalue weighted by atomic mass is 10.2. The number of likely N-dealkylation sites (tertiary alicyclic amines) is 1. The first-order valence-electron chi connectivity index (χ1n) is 9.19. The first-order valence-corrected chi connectivity index (χ1v) is 10.1. The van der Waals surface area contributed by atoms with E-state index in [2.05, 4.69) is 28.7 Å². The van der Waals surface area contributed by atoms with E-state index in [1.807, 2.05) is 42.4 Å². The Morgan fingerprint density at radius 1 is 1.33 bits per heavy atom. The van der Waals surface area contributed by atoms with E-state index in [9.17, 15) is 4.79 Å². The predicted molar refractivity (Wildman–Crippen MR) is 107 cm³/mol. The Bertz CT molecular complexity index is 981.